The Kier molecular flexibility index (Phi) is 7.11. The molecular weight excluding hydrogens is 428 g/mol. The molecule has 166 valence electrons. The SMILES string of the molecule is CNc1ccc(C(c2ccccc2)c2ccccc2N(C)C(=O)c2ccc(CCl)cc2)cc1. The van der Waals surface area contributed by atoms with E-state index < -0.39 is 0 Å². The minimum atomic E-state index is -0.0547. The van der Waals surface area contributed by atoms with Gasteiger partial charge in [-0.2, -0.15) is 0 Å². The second-order valence-corrected chi connectivity index (χ2v) is 8.24. The number of alkyl halides is 1. The standard InChI is InChI=1S/C29H27ClN2O/c1-31-25-18-16-23(17-19-25)28(22-8-4-3-5-9-22)26-10-6-7-11-27(26)32(2)29(33)24-14-12-21(20-30)13-15-24/h3-19,28,31H,20H2,1-2H3. The highest BCUT2D eigenvalue weighted by Gasteiger charge is 2.23. The summed E-state index contributed by atoms with van der Waals surface area (Å²) in [5, 5.41) is 3.18. The summed E-state index contributed by atoms with van der Waals surface area (Å²) in [6, 6.07) is 34.5. The molecular formula is C29H27ClN2O. The van der Waals surface area contributed by atoms with Crippen molar-refractivity contribution in [1.82, 2.24) is 0 Å². The molecule has 3 nitrogen and oxygen atoms in total. The molecule has 0 bridgehead atoms. The average molecular weight is 455 g/mol. The molecule has 0 saturated carbocycles. The van der Waals surface area contributed by atoms with Crippen molar-refractivity contribution in [3.05, 3.63) is 131 Å². The highest BCUT2D eigenvalue weighted by molar-refractivity contribution is 6.17. The molecule has 0 heterocycles. The number of nitrogens with one attached hydrogen (secondary N) is 1. The summed E-state index contributed by atoms with van der Waals surface area (Å²) in [6.45, 7) is 0. The van der Waals surface area contributed by atoms with Crippen molar-refractivity contribution in [2.75, 3.05) is 24.3 Å². The number of nitrogens with zero attached hydrogens (tertiary/aromatic N) is 1. The van der Waals surface area contributed by atoms with Crippen molar-refractivity contribution in [2.45, 2.75) is 11.8 Å². The van der Waals surface area contributed by atoms with E-state index >= 15 is 0 Å². The van der Waals surface area contributed by atoms with E-state index in [1.54, 1.807) is 4.90 Å². The van der Waals surface area contributed by atoms with Crippen LogP contribution in [0.15, 0.2) is 103 Å². The van der Waals surface area contributed by atoms with E-state index in [4.69, 9.17) is 11.6 Å². The van der Waals surface area contributed by atoms with Gasteiger partial charge in [-0.1, -0.05) is 72.8 Å². The van der Waals surface area contributed by atoms with Gasteiger partial charge < -0.3 is 10.2 Å². The molecule has 4 heteroatoms. The van der Waals surface area contributed by atoms with Crippen LogP contribution in [-0.4, -0.2) is 20.0 Å². The Hall–Kier alpha value is -3.56. The van der Waals surface area contributed by atoms with Crippen LogP contribution >= 0.6 is 11.6 Å². The van der Waals surface area contributed by atoms with Crippen molar-refractivity contribution < 1.29 is 4.79 Å². The lowest BCUT2D eigenvalue weighted by Gasteiger charge is -2.26. The molecule has 4 aromatic rings. The fourth-order valence-electron chi connectivity index (χ4n) is 4.12. The monoisotopic (exact) mass is 454 g/mol. The van der Waals surface area contributed by atoms with Crippen LogP contribution in [0.3, 0.4) is 0 Å². The maximum Gasteiger partial charge on any atom is 0.258 e. The number of halogens is 1. The molecule has 0 aromatic heterocycles. The maximum absolute atomic E-state index is 13.4. The number of para-hydroxylation sites is 1. The smallest absolute Gasteiger partial charge is 0.258 e. The highest BCUT2D eigenvalue weighted by Crippen LogP contribution is 2.38. The van der Waals surface area contributed by atoms with Gasteiger partial charge >= 0.3 is 0 Å². The molecule has 4 aromatic carbocycles. The second kappa shape index (κ2) is 10.4. The summed E-state index contributed by atoms with van der Waals surface area (Å²) in [5.41, 5.74) is 6.99. The summed E-state index contributed by atoms with van der Waals surface area (Å²) in [7, 11) is 3.75. The molecule has 0 saturated heterocycles. The number of amides is 1. The Labute approximate surface area is 200 Å². The van der Waals surface area contributed by atoms with Gasteiger partial charge in [0, 0.05) is 42.8 Å². The number of anilines is 2. The molecule has 0 fully saturated rings. The molecule has 0 radical (unpaired) electrons. The Morgan fingerprint density at radius 1 is 0.818 bits per heavy atom. The van der Waals surface area contributed by atoms with Gasteiger partial charge in [0.25, 0.3) is 5.91 Å². The molecule has 1 unspecified atom stereocenters. The van der Waals surface area contributed by atoms with Gasteiger partial charge in [-0.3, -0.25) is 4.79 Å². The fraction of sp³-hybridized carbons (Fsp3) is 0.138. The van der Waals surface area contributed by atoms with Crippen molar-refractivity contribution in [1.29, 1.82) is 0 Å². The van der Waals surface area contributed by atoms with E-state index in [9.17, 15) is 4.79 Å². The zero-order chi connectivity index (χ0) is 23.2. The Morgan fingerprint density at radius 2 is 1.42 bits per heavy atom. The van der Waals surface area contributed by atoms with Gasteiger partial charge in [0.15, 0.2) is 0 Å². The molecule has 0 aliphatic carbocycles. The highest BCUT2D eigenvalue weighted by atomic mass is 35.5. The van der Waals surface area contributed by atoms with Crippen LogP contribution in [0.1, 0.15) is 38.5 Å². The summed E-state index contributed by atoms with van der Waals surface area (Å²) in [6.07, 6.45) is 0. The normalized spacial score (nSPS) is 11.6. The Balaban J connectivity index is 1.78. The lowest BCUT2D eigenvalue weighted by atomic mass is 9.84. The van der Waals surface area contributed by atoms with Gasteiger partial charge in [-0.15, -0.1) is 11.6 Å². The second-order valence-electron chi connectivity index (χ2n) is 7.97. The summed E-state index contributed by atoms with van der Waals surface area (Å²) in [5.74, 6) is 0.362. The quantitative estimate of drug-likeness (QED) is 0.242. The number of carbonyl (C=O) groups is 1. The van der Waals surface area contributed by atoms with Gasteiger partial charge in [0.2, 0.25) is 0 Å². The van der Waals surface area contributed by atoms with Crippen LogP contribution in [0.2, 0.25) is 0 Å². The molecule has 1 N–H and O–H groups in total. The van der Waals surface area contributed by atoms with Gasteiger partial charge in [0.05, 0.1) is 0 Å². The van der Waals surface area contributed by atoms with E-state index in [2.05, 4.69) is 59.9 Å². The summed E-state index contributed by atoms with van der Waals surface area (Å²) in [4.78, 5) is 15.1. The zero-order valence-corrected chi connectivity index (χ0v) is 19.6. The summed E-state index contributed by atoms with van der Waals surface area (Å²) < 4.78 is 0. The van der Waals surface area contributed by atoms with Crippen LogP contribution in [0.25, 0.3) is 0 Å². The van der Waals surface area contributed by atoms with E-state index in [1.165, 1.54) is 11.1 Å². The van der Waals surface area contributed by atoms with E-state index in [0.717, 1.165) is 22.5 Å². The number of benzene rings is 4. The molecule has 33 heavy (non-hydrogen) atoms. The molecule has 1 amide bonds. The number of hydrogen-bond acceptors (Lipinski definition) is 2. The third kappa shape index (κ3) is 4.94. The first-order chi connectivity index (χ1) is 16.1. The topological polar surface area (TPSA) is 32.3 Å². The zero-order valence-electron chi connectivity index (χ0n) is 18.8. The van der Waals surface area contributed by atoms with E-state index in [0.29, 0.717) is 11.4 Å². The van der Waals surface area contributed by atoms with Crippen LogP contribution in [0.4, 0.5) is 11.4 Å². The van der Waals surface area contributed by atoms with Gasteiger partial charge in [0.1, 0.15) is 0 Å². The van der Waals surface area contributed by atoms with Crippen LogP contribution < -0.4 is 10.2 Å². The first-order valence-electron chi connectivity index (χ1n) is 11.0. The maximum atomic E-state index is 13.4. The van der Waals surface area contributed by atoms with E-state index in [1.807, 2.05) is 62.6 Å². The first-order valence-corrected chi connectivity index (χ1v) is 11.5. The molecule has 0 aliphatic heterocycles. The number of hydrogen-bond donors (Lipinski definition) is 1. The van der Waals surface area contributed by atoms with Crippen molar-refractivity contribution >= 4 is 28.9 Å². The minimum Gasteiger partial charge on any atom is -0.388 e. The van der Waals surface area contributed by atoms with Crippen molar-refractivity contribution in [3.63, 3.8) is 0 Å². The molecule has 0 spiro atoms. The van der Waals surface area contributed by atoms with Crippen molar-refractivity contribution in [2.24, 2.45) is 0 Å². The average Bonchev–Trinajstić information content (AvgIpc) is 2.89. The Bertz CT molecular complexity index is 1200. The predicted molar refractivity (Wildman–Crippen MR) is 139 cm³/mol. The van der Waals surface area contributed by atoms with Gasteiger partial charge in [-0.25, -0.2) is 0 Å². The van der Waals surface area contributed by atoms with Crippen molar-refractivity contribution in [3.8, 4) is 0 Å². The van der Waals surface area contributed by atoms with Gasteiger partial charge in [-0.05, 0) is 52.6 Å². The lowest BCUT2D eigenvalue weighted by molar-refractivity contribution is 0.0993. The van der Waals surface area contributed by atoms with Crippen LogP contribution in [0.5, 0.6) is 0 Å². The fourth-order valence-corrected chi connectivity index (χ4v) is 4.29. The number of rotatable bonds is 7. The molecule has 4 rings (SSSR count). The van der Waals surface area contributed by atoms with Crippen LogP contribution in [-0.2, 0) is 5.88 Å². The third-order valence-corrected chi connectivity index (χ3v) is 6.24. The first kappa shape index (κ1) is 22.6. The predicted octanol–water partition coefficient (Wildman–Crippen LogP) is 6.92. The minimum absolute atomic E-state index is 0.0119. The summed E-state index contributed by atoms with van der Waals surface area (Å²) >= 11 is 5.91. The number of carbonyl (C=O) groups excluding carboxylic acids is 1. The molecule has 1 atom stereocenters. The Morgan fingerprint density at radius 3 is 2.06 bits per heavy atom. The largest absolute Gasteiger partial charge is 0.388 e. The van der Waals surface area contributed by atoms with Crippen LogP contribution in [0, 0.1) is 0 Å². The third-order valence-electron chi connectivity index (χ3n) is 5.93. The molecule has 0 aliphatic rings. The lowest BCUT2D eigenvalue weighted by Crippen LogP contribution is -2.27. The van der Waals surface area contributed by atoms with E-state index in [-0.39, 0.29) is 11.8 Å².